The van der Waals surface area contributed by atoms with Gasteiger partial charge >= 0.3 is 0 Å². The molecule has 2 N–H and O–H groups in total. The maximum absolute atomic E-state index is 11.2. The molecular formula is C13H22N4O. The number of rotatable bonds is 7. The van der Waals surface area contributed by atoms with Crippen LogP contribution in [0.2, 0.25) is 0 Å². The Hall–Kier alpha value is -1.62. The van der Waals surface area contributed by atoms with E-state index in [1.165, 1.54) is 0 Å². The van der Waals surface area contributed by atoms with Crippen molar-refractivity contribution in [2.75, 3.05) is 32.5 Å². The van der Waals surface area contributed by atoms with Crippen LogP contribution in [-0.4, -0.2) is 43.0 Å². The summed E-state index contributed by atoms with van der Waals surface area (Å²) in [7, 11) is 3.56. The van der Waals surface area contributed by atoms with Crippen molar-refractivity contribution in [3.63, 3.8) is 0 Å². The monoisotopic (exact) mass is 250 g/mol. The molecular weight excluding hydrogens is 228 g/mol. The molecule has 5 nitrogen and oxygen atoms in total. The molecule has 0 saturated carbocycles. The Morgan fingerprint density at radius 2 is 2.22 bits per heavy atom. The normalized spacial score (nSPS) is 10.4. The Morgan fingerprint density at radius 1 is 1.44 bits per heavy atom. The van der Waals surface area contributed by atoms with Crippen LogP contribution in [0.25, 0.3) is 0 Å². The lowest BCUT2D eigenvalue weighted by atomic mass is 10.2. The minimum atomic E-state index is 0.0201. The summed E-state index contributed by atoms with van der Waals surface area (Å²) in [6.07, 6.45) is 2.93. The summed E-state index contributed by atoms with van der Waals surface area (Å²) in [6.45, 7) is 4.17. The van der Waals surface area contributed by atoms with Crippen LogP contribution in [0.15, 0.2) is 18.3 Å². The van der Waals surface area contributed by atoms with E-state index < -0.39 is 0 Å². The smallest absolute Gasteiger partial charge is 0.233 e. The van der Waals surface area contributed by atoms with Crippen LogP contribution in [0.3, 0.4) is 0 Å². The van der Waals surface area contributed by atoms with Crippen LogP contribution >= 0.6 is 0 Å². The van der Waals surface area contributed by atoms with E-state index in [4.69, 9.17) is 0 Å². The van der Waals surface area contributed by atoms with E-state index in [0.717, 1.165) is 24.3 Å². The Bertz CT molecular complexity index is 364. The standard InChI is InChI=1S/C13H22N4O/c1-4-7-15-12-6-5-11(8-16-12)9-17(3)10-13(18)14-2/h5-6,8H,4,7,9-10H2,1-3H3,(H,14,18)(H,15,16). The highest BCUT2D eigenvalue weighted by Crippen LogP contribution is 2.07. The summed E-state index contributed by atoms with van der Waals surface area (Å²) >= 11 is 0. The van der Waals surface area contributed by atoms with Gasteiger partial charge in [-0.15, -0.1) is 0 Å². The first-order valence-corrected chi connectivity index (χ1v) is 6.23. The SMILES string of the molecule is CCCNc1ccc(CN(C)CC(=O)NC)cn1. The maximum Gasteiger partial charge on any atom is 0.233 e. The molecule has 0 aliphatic heterocycles. The molecule has 0 atom stereocenters. The van der Waals surface area contributed by atoms with E-state index in [1.807, 2.05) is 30.3 Å². The van der Waals surface area contributed by atoms with Gasteiger partial charge in [-0.3, -0.25) is 9.69 Å². The Morgan fingerprint density at radius 3 is 2.78 bits per heavy atom. The quantitative estimate of drug-likeness (QED) is 0.760. The van der Waals surface area contributed by atoms with Crippen LogP contribution < -0.4 is 10.6 Å². The van der Waals surface area contributed by atoms with Gasteiger partial charge in [-0.2, -0.15) is 0 Å². The van der Waals surface area contributed by atoms with Crippen molar-refractivity contribution in [1.82, 2.24) is 15.2 Å². The van der Waals surface area contributed by atoms with Crippen molar-refractivity contribution in [3.8, 4) is 0 Å². The number of hydrogen-bond donors (Lipinski definition) is 2. The van der Waals surface area contributed by atoms with Gasteiger partial charge in [0.05, 0.1) is 6.54 Å². The fourth-order valence-corrected chi connectivity index (χ4v) is 1.57. The third kappa shape index (κ3) is 5.14. The van der Waals surface area contributed by atoms with Gasteiger partial charge in [-0.1, -0.05) is 13.0 Å². The average molecular weight is 250 g/mol. The number of pyridine rings is 1. The largest absolute Gasteiger partial charge is 0.370 e. The van der Waals surface area contributed by atoms with Crippen LogP contribution in [0.1, 0.15) is 18.9 Å². The number of carbonyl (C=O) groups excluding carboxylic acids is 1. The molecule has 1 rings (SSSR count). The third-order valence-corrected chi connectivity index (χ3v) is 2.53. The second-order valence-corrected chi connectivity index (χ2v) is 4.32. The number of amides is 1. The first-order chi connectivity index (χ1) is 8.65. The molecule has 1 aromatic heterocycles. The lowest BCUT2D eigenvalue weighted by molar-refractivity contribution is -0.121. The Labute approximate surface area is 109 Å². The molecule has 0 spiro atoms. The first-order valence-electron chi connectivity index (χ1n) is 6.23. The lowest BCUT2D eigenvalue weighted by Crippen LogP contribution is -2.32. The number of hydrogen-bond acceptors (Lipinski definition) is 4. The molecule has 0 unspecified atom stereocenters. The summed E-state index contributed by atoms with van der Waals surface area (Å²) in [4.78, 5) is 17.5. The van der Waals surface area contributed by atoms with Gasteiger partial charge in [-0.05, 0) is 25.1 Å². The minimum Gasteiger partial charge on any atom is -0.370 e. The third-order valence-electron chi connectivity index (χ3n) is 2.53. The van der Waals surface area contributed by atoms with Crippen molar-refractivity contribution in [1.29, 1.82) is 0 Å². The topological polar surface area (TPSA) is 57.3 Å². The molecule has 1 heterocycles. The number of nitrogens with one attached hydrogen (secondary N) is 2. The Balaban J connectivity index is 2.45. The molecule has 0 aliphatic rings. The molecule has 0 aromatic carbocycles. The summed E-state index contributed by atoms with van der Waals surface area (Å²) in [5, 5.41) is 5.84. The molecule has 1 amide bonds. The zero-order chi connectivity index (χ0) is 13.4. The lowest BCUT2D eigenvalue weighted by Gasteiger charge is -2.15. The summed E-state index contributed by atoms with van der Waals surface area (Å²) < 4.78 is 0. The molecule has 0 aliphatic carbocycles. The summed E-state index contributed by atoms with van der Waals surface area (Å²) in [5.74, 6) is 0.918. The van der Waals surface area contributed by atoms with Crippen LogP contribution in [-0.2, 0) is 11.3 Å². The fraction of sp³-hybridized carbons (Fsp3) is 0.538. The van der Waals surface area contributed by atoms with E-state index in [9.17, 15) is 4.79 Å². The van der Waals surface area contributed by atoms with Crippen LogP contribution in [0, 0.1) is 0 Å². The maximum atomic E-state index is 11.2. The van der Waals surface area contributed by atoms with E-state index in [2.05, 4.69) is 22.5 Å². The molecule has 1 aromatic rings. The zero-order valence-corrected chi connectivity index (χ0v) is 11.4. The molecule has 0 bridgehead atoms. The predicted molar refractivity (Wildman–Crippen MR) is 73.4 cm³/mol. The molecule has 0 radical (unpaired) electrons. The van der Waals surface area contributed by atoms with Gasteiger partial charge < -0.3 is 10.6 Å². The number of likely N-dealkylation sites (N-methyl/N-ethyl adjacent to an activating group) is 2. The van der Waals surface area contributed by atoms with E-state index in [-0.39, 0.29) is 5.91 Å². The highest BCUT2D eigenvalue weighted by molar-refractivity contribution is 5.77. The first kappa shape index (κ1) is 14.4. The number of nitrogens with zero attached hydrogens (tertiary/aromatic N) is 2. The van der Waals surface area contributed by atoms with Gasteiger partial charge in [0.15, 0.2) is 0 Å². The highest BCUT2D eigenvalue weighted by Gasteiger charge is 2.05. The second kappa shape index (κ2) is 7.66. The van der Waals surface area contributed by atoms with Gasteiger partial charge in [0, 0.05) is 26.3 Å². The highest BCUT2D eigenvalue weighted by atomic mass is 16.1. The number of aromatic nitrogens is 1. The molecule has 18 heavy (non-hydrogen) atoms. The number of anilines is 1. The van der Waals surface area contributed by atoms with E-state index >= 15 is 0 Å². The second-order valence-electron chi connectivity index (χ2n) is 4.32. The van der Waals surface area contributed by atoms with Gasteiger partial charge in [-0.25, -0.2) is 4.98 Å². The summed E-state index contributed by atoms with van der Waals surface area (Å²) in [6, 6.07) is 4.00. The van der Waals surface area contributed by atoms with Crippen molar-refractivity contribution < 1.29 is 4.79 Å². The number of carbonyl (C=O) groups is 1. The van der Waals surface area contributed by atoms with Gasteiger partial charge in [0.1, 0.15) is 5.82 Å². The van der Waals surface area contributed by atoms with Gasteiger partial charge in [0.2, 0.25) is 5.91 Å². The minimum absolute atomic E-state index is 0.0201. The van der Waals surface area contributed by atoms with Gasteiger partial charge in [0.25, 0.3) is 0 Å². The fourth-order valence-electron chi connectivity index (χ4n) is 1.57. The Kier molecular flexibility index (Phi) is 6.14. The van der Waals surface area contributed by atoms with Crippen molar-refractivity contribution in [3.05, 3.63) is 23.9 Å². The average Bonchev–Trinajstić information content (AvgIpc) is 2.37. The van der Waals surface area contributed by atoms with E-state index in [1.54, 1.807) is 7.05 Å². The molecule has 100 valence electrons. The molecule has 0 saturated heterocycles. The van der Waals surface area contributed by atoms with Crippen LogP contribution in [0.5, 0.6) is 0 Å². The molecule has 5 heteroatoms. The molecule has 0 fully saturated rings. The van der Waals surface area contributed by atoms with E-state index in [0.29, 0.717) is 13.1 Å². The van der Waals surface area contributed by atoms with Crippen LogP contribution in [0.4, 0.5) is 5.82 Å². The zero-order valence-electron chi connectivity index (χ0n) is 11.4. The van der Waals surface area contributed by atoms with Crippen molar-refractivity contribution >= 4 is 11.7 Å². The van der Waals surface area contributed by atoms with Crippen molar-refractivity contribution in [2.24, 2.45) is 0 Å². The van der Waals surface area contributed by atoms with Crippen molar-refractivity contribution in [2.45, 2.75) is 19.9 Å². The summed E-state index contributed by atoms with van der Waals surface area (Å²) in [5.41, 5.74) is 1.10. The predicted octanol–water partition coefficient (Wildman–Crippen LogP) is 1.08.